The first-order chi connectivity index (χ1) is 34.4. The molecule has 2 aromatic heterocycles. The van der Waals surface area contributed by atoms with Crippen LogP contribution in [-0.4, -0.2) is 155 Å². The van der Waals surface area contributed by atoms with E-state index in [4.69, 9.17) is 14.5 Å². The number of nitrogens with one attached hydrogen (secondary N) is 2. The molecule has 3 fully saturated rings. The van der Waals surface area contributed by atoms with Gasteiger partial charge in [-0.2, -0.15) is 0 Å². The number of cyclic esters (lactones) is 1. The summed E-state index contributed by atoms with van der Waals surface area (Å²) in [6.07, 6.45) is 6.02. The van der Waals surface area contributed by atoms with E-state index in [0.717, 1.165) is 56.7 Å². The number of amides is 5. The van der Waals surface area contributed by atoms with Gasteiger partial charge in [-0.15, -0.1) is 0 Å². The third kappa shape index (κ3) is 10.5. The molecule has 16 nitrogen and oxygen atoms in total. The van der Waals surface area contributed by atoms with Crippen LogP contribution in [0.25, 0.3) is 33.3 Å². The van der Waals surface area contributed by atoms with E-state index >= 15 is 0 Å². The Morgan fingerprint density at radius 3 is 2.46 bits per heavy atom. The summed E-state index contributed by atoms with van der Waals surface area (Å²) >= 11 is 0. The molecule has 16 heteroatoms. The van der Waals surface area contributed by atoms with Crippen molar-refractivity contribution in [1.82, 2.24) is 44.9 Å². The minimum Gasteiger partial charge on any atom is -0.464 e. The van der Waals surface area contributed by atoms with Crippen LogP contribution in [0.2, 0.25) is 0 Å². The number of aryl methyl sites for hydroxylation is 1. The third-order valence-electron chi connectivity index (χ3n) is 15.7. The lowest BCUT2D eigenvalue weighted by atomic mass is 9.83. The van der Waals surface area contributed by atoms with Gasteiger partial charge >= 0.3 is 12.0 Å². The number of carbonyl (C=O) groups is 5. The van der Waals surface area contributed by atoms with Crippen molar-refractivity contribution in [3.63, 3.8) is 0 Å². The Kier molecular flexibility index (Phi) is 15.6. The van der Waals surface area contributed by atoms with Crippen molar-refractivity contribution in [3.05, 3.63) is 90.3 Å². The zero-order valence-electron chi connectivity index (χ0n) is 43.8. The van der Waals surface area contributed by atoms with E-state index in [1.165, 1.54) is 16.0 Å². The van der Waals surface area contributed by atoms with E-state index in [-0.39, 0.29) is 48.4 Å². The van der Waals surface area contributed by atoms with Gasteiger partial charge in [0.2, 0.25) is 11.8 Å². The highest BCUT2D eigenvalue weighted by Gasteiger charge is 2.45. The van der Waals surface area contributed by atoms with Crippen molar-refractivity contribution in [2.75, 3.05) is 67.1 Å². The highest BCUT2D eigenvalue weighted by Crippen LogP contribution is 2.42. The number of likely N-dealkylation sites (tertiary alicyclic amines) is 1. The molecule has 4 atom stereocenters. The highest BCUT2D eigenvalue weighted by atomic mass is 16.5. The summed E-state index contributed by atoms with van der Waals surface area (Å²) in [6.45, 7) is 19.9. The predicted molar refractivity (Wildman–Crippen MR) is 278 cm³/mol. The number of likely N-dealkylation sites (N-methyl/N-ethyl adjacent to an activating group) is 2. The van der Waals surface area contributed by atoms with Crippen LogP contribution >= 0.6 is 0 Å². The Balaban J connectivity index is 1.12. The summed E-state index contributed by atoms with van der Waals surface area (Å²) in [5.74, 6) is -1.67. The Morgan fingerprint density at radius 2 is 1.75 bits per heavy atom. The SMILES string of the molecule is C=CC(=O)N1CCN(C)C2(CCN(C(=O)N(C)[C@H](C(=O)N[C@H]3Cc4cccc(c4)-c4ccc5c(c4)c(c(-c4cccnc4[C@H](C)OC)n5CC)CC(C)(C)COC(=O)[C@@H]4CCCN(N4)C3=O)C(C)C)CC2)C1. The number of hydrogen-bond donors (Lipinski definition) is 2. The molecule has 2 N–H and O–H groups in total. The molecule has 0 unspecified atom stereocenters. The van der Waals surface area contributed by atoms with Crippen molar-refractivity contribution in [2.24, 2.45) is 11.3 Å². The number of rotatable bonds is 9. The lowest BCUT2D eigenvalue weighted by Crippen LogP contribution is -2.66. The van der Waals surface area contributed by atoms with E-state index in [1.807, 2.05) is 43.9 Å². The van der Waals surface area contributed by atoms with Crippen LogP contribution in [0, 0.1) is 11.3 Å². The second kappa shape index (κ2) is 21.5. The minimum atomic E-state index is -1.05. The summed E-state index contributed by atoms with van der Waals surface area (Å²) < 4.78 is 14.3. The minimum absolute atomic E-state index is 0.0870. The molecular weight excluding hydrogens is 911 g/mol. The molecule has 386 valence electrons. The number of benzene rings is 2. The Hall–Kier alpha value is -6.10. The number of piperidine rings is 1. The van der Waals surface area contributed by atoms with Gasteiger partial charge < -0.3 is 34.1 Å². The van der Waals surface area contributed by atoms with Crippen LogP contribution < -0.4 is 10.7 Å². The maximum Gasteiger partial charge on any atom is 0.324 e. The molecule has 2 aromatic carbocycles. The van der Waals surface area contributed by atoms with E-state index in [9.17, 15) is 24.0 Å². The Labute approximate surface area is 425 Å². The number of hydrazine groups is 1. The van der Waals surface area contributed by atoms with Crippen molar-refractivity contribution in [2.45, 2.75) is 116 Å². The second-order valence-electron chi connectivity index (χ2n) is 21.5. The monoisotopic (exact) mass is 986 g/mol. The smallest absolute Gasteiger partial charge is 0.324 e. The summed E-state index contributed by atoms with van der Waals surface area (Å²) in [4.78, 5) is 82.9. The number of fused-ring (bicyclic) bond motifs is 6. The molecular formula is C56H75N9O7. The summed E-state index contributed by atoms with van der Waals surface area (Å²) in [5, 5.41) is 5.65. The maximum absolute atomic E-state index is 14.9. The number of methoxy groups -OCH3 is 1. The van der Waals surface area contributed by atoms with Crippen LogP contribution in [-0.2, 0) is 48.0 Å². The third-order valence-corrected chi connectivity index (χ3v) is 15.7. The van der Waals surface area contributed by atoms with Gasteiger partial charge in [0.25, 0.3) is 5.91 Å². The normalized spacial score (nSPS) is 21.5. The van der Waals surface area contributed by atoms with Crippen molar-refractivity contribution in [1.29, 1.82) is 0 Å². The van der Waals surface area contributed by atoms with Crippen molar-refractivity contribution in [3.8, 4) is 22.4 Å². The van der Waals surface area contributed by atoms with E-state index < -0.39 is 35.4 Å². The molecule has 5 amide bonds. The van der Waals surface area contributed by atoms with Crippen LogP contribution in [0.1, 0.15) is 90.2 Å². The average Bonchev–Trinajstić information content (AvgIpc) is 3.68. The first-order valence-electron chi connectivity index (χ1n) is 25.8. The van der Waals surface area contributed by atoms with Crippen LogP contribution in [0.4, 0.5) is 4.79 Å². The molecule has 0 aliphatic carbocycles. The molecule has 8 rings (SSSR count). The maximum atomic E-state index is 14.9. The lowest BCUT2D eigenvalue weighted by Gasteiger charge is -2.53. The van der Waals surface area contributed by atoms with Crippen LogP contribution in [0.15, 0.2) is 73.4 Å². The molecule has 0 saturated carbocycles. The van der Waals surface area contributed by atoms with E-state index in [0.29, 0.717) is 71.4 Å². The second-order valence-corrected chi connectivity index (χ2v) is 21.5. The van der Waals surface area contributed by atoms with E-state index in [1.54, 1.807) is 25.3 Å². The molecule has 4 aromatic rings. The molecule has 1 spiro atoms. The largest absolute Gasteiger partial charge is 0.464 e. The molecule has 6 heterocycles. The standard InChI is InChI=1S/C56H75N9O7/c1-11-47(66)63-29-28-60(8)56(34-63)22-26-62(27-23-56)54(70)61(9)49(36(3)4)51(67)58-45-31-38-16-13-17-39(30-38)40-20-21-46-42(32-40)43(50(64(46)12-2)41-18-14-24-57-48(41)37(5)71-10)33-55(6,7)35-72-53(69)44-19-15-25-65(59-44)52(45)68/h11,13-14,16-18,20-21,24,30,32,36-37,44-45,49,59H,1,12,15,19,22-23,25-29,31,33-35H2,2-10H3,(H,58,67)/t37-,44-,45-,49-/m0/s1. The van der Waals surface area contributed by atoms with Crippen molar-refractivity contribution < 1.29 is 33.4 Å². The van der Waals surface area contributed by atoms with E-state index in [2.05, 4.69) is 91.0 Å². The first-order valence-corrected chi connectivity index (χ1v) is 25.8. The van der Waals surface area contributed by atoms with Gasteiger partial charge in [-0.3, -0.25) is 34.1 Å². The molecule has 0 radical (unpaired) electrons. The fourth-order valence-electron chi connectivity index (χ4n) is 11.5. The number of aromatic nitrogens is 2. The first kappa shape index (κ1) is 52.2. The summed E-state index contributed by atoms with van der Waals surface area (Å²) in [7, 11) is 5.43. The molecule has 4 aliphatic heterocycles. The molecule has 4 aliphatic rings. The number of urea groups is 1. The van der Waals surface area contributed by atoms with Gasteiger partial charge in [0.1, 0.15) is 18.1 Å². The summed E-state index contributed by atoms with van der Waals surface area (Å²) in [5.41, 5.74) is 10.3. The number of piperazine rings is 1. The number of hydrogen-bond acceptors (Lipinski definition) is 10. The zero-order valence-corrected chi connectivity index (χ0v) is 43.8. The molecule has 6 bridgehead atoms. The average molecular weight is 986 g/mol. The fourth-order valence-corrected chi connectivity index (χ4v) is 11.5. The highest BCUT2D eigenvalue weighted by molar-refractivity contribution is 5.96. The zero-order chi connectivity index (χ0) is 51.6. The van der Waals surface area contributed by atoms with Gasteiger partial charge in [0, 0.05) is 100 Å². The number of nitrogens with zero attached hydrogens (tertiary/aromatic N) is 7. The van der Waals surface area contributed by atoms with Gasteiger partial charge in [0.15, 0.2) is 0 Å². The predicted octanol–water partition coefficient (Wildman–Crippen LogP) is 6.62. The van der Waals surface area contributed by atoms with Gasteiger partial charge in [-0.1, -0.05) is 64.6 Å². The molecule has 72 heavy (non-hydrogen) atoms. The number of esters is 1. The number of pyridine rings is 1. The van der Waals surface area contributed by atoms with Crippen LogP contribution in [0.5, 0.6) is 0 Å². The van der Waals surface area contributed by atoms with Crippen LogP contribution in [0.3, 0.4) is 0 Å². The van der Waals surface area contributed by atoms with Gasteiger partial charge in [-0.25, -0.2) is 10.2 Å². The quantitative estimate of drug-likeness (QED) is 0.138. The number of carbonyl (C=O) groups excluding carboxylic acids is 5. The summed E-state index contributed by atoms with van der Waals surface area (Å²) in [6, 6.07) is 15.7. The fraction of sp³-hybridized carbons (Fsp3) is 0.536. The lowest BCUT2D eigenvalue weighted by molar-refractivity contribution is -0.155. The molecule has 3 saturated heterocycles. The van der Waals surface area contributed by atoms with Gasteiger partial charge in [-0.05, 0) is 112 Å². The number of ether oxygens (including phenoxy) is 2. The topological polar surface area (TPSA) is 162 Å². The van der Waals surface area contributed by atoms with Gasteiger partial charge in [0.05, 0.1) is 24.1 Å². The Morgan fingerprint density at radius 1 is 1.00 bits per heavy atom. The van der Waals surface area contributed by atoms with Crippen molar-refractivity contribution >= 4 is 40.6 Å². The Bertz CT molecular complexity index is 2690.